The molecular weight excluding hydrogens is 304 g/mol. The van der Waals surface area contributed by atoms with Gasteiger partial charge < -0.3 is 16.0 Å². The molecule has 1 aromatic rings. The van der Waals surface area contributed by atoms with E-state index in [0.717, 1.165) is 25.7 Å². The predicted octanol–water partition coefficient (Wildman–Crippen LogP) is 0.310. The molecule has 1 aromatic heterocycles. The number of carbonyl (C=O) groups excluding carboxylic acids is 1. The van der Waals surface area contributed by atoms with Crippen LogP contribution in [0, 0.1) is 5.92 Å². The highest BCUT2D eigenvalue weighted by atomic mass is 32.2. The van der Waals surface area contributed by atoms with E-state index in [9.17, 15) is 13.2 Å². The number of primary amides is 1. The van der Waals surface area contributed by atoms with Gasteiger partial charge in [0, 0.05) is 25.8 Å². The summed E-state index contributed by atoms with van der Waals surface area (Å²) in [6, 6.07) is 1.02. The molecule has 2 rings (SSSR count). The van der Waals surface area contributed by atoms with Gasteiger partial charge in [0.1, 0.15) is 10.6 Å². The van der Waals surface area contributed by atoms with Crippen LogP contribution in [0.2, 0.25) is 0 Å². The number of hydrogen-bond donors (Lipinski definition) is 3. The van der Waals surface area contributed by atoms with E-state index in [1.165, 1.54) is 23.3 Å². The van der Waals surface area contributed by atoms with Crippen LogP contribution in [0.25, 0.3) is 0 Å². The Morgan fingerprint density at radius 1 is 1.41 bits per heavy atom. The van der Waals surface area contributed by atoms with Gasteiger partial charge in [0.25, 0.3) is 5.91 Å². The first-order valence-electron chi connectivity index (χ1n) is 7.53. The Balaban J connectivity index is 2.18. The summed E-state index contributed by atoms with van der Waals surface area (Å²) in [5, 5.41) is 0. The molecule has 7 nitrogen and oxygen atoms in total. The smallest absolute Gasteiger partial charge is 0.265 e. The molecule has 0 saturated heterocycles. The standard InChI is InChI=1S/C14H24N4O3S/c1-18-9-11(7-13(18)14(16)19)22(20,21)17-12(8-15)10-5-3-2-4-6-10/h7,9-10,12,17H,2-6,8,15H2,1H3,(H2,16,19). The quantitative estimate of drug-likeness (QED) is 0.696. The molecule has 0 bridgehead atoms. The lowest BCUT2D eigenvalue weighted by molar-refractivity contribution is 0.0992. The first-order chi connectivity index (χ1) is 10.3. The second-order valence-electron chi connectivity index (χ2n) is 5.90. The van der Waals surface area contributed by atoms with Gasteiger partial charge in [-0.25, -0.2) is 13.1 Å². The van der Waals surface area contributed by atoms with E-state index < -0.39 is 15.9 Å². The van der Waals surface area contributed by atoms with Crippen molar-refractivity contribution in [3.8, 4) is 0 Å². The minimum absolute atomic E-state index is 0.0399. The first kappa shape index (κ1) is 17.0. The lowest BCUT2D eigenvalue weighted by atomic mass is 9.84. The third-order valence-corrected chi connectivity index (χ3v) is 5.78. The Labute approximate surface area is 131 Å². The van der Waals surface area contributed by atoms with Crippen molar-refractivity contribution in [3.05, 3.63) is 18.0 Å². The minimum atomic E-state index is -3.71. The number of amides is 1. The zero-order chi connectivity index (χ0) is 16.3. The van der Waals surface area contributed by atoms with E-state index in [0.29, 0.717) is 0 Å². The Morgan fingerprint density at radius 3 is 2.55 bits per heavy atom. The maximum absolute atomic E-state index is 12.5. The highest BCUT2D eigenvalue weighted by Crippen LogP contribution is 2.27. The summed E-state index contributed by atoms with van der Waals surface area (Å²) in [6.45, 7) is 0.263. The molecular formula is C14H24N4O3S. The molecule has 1 saturated carbocycles. The molecule has 5 N–H and O–H groups in total. The fraction of sp³-hybridized carbons (Fsp3) is 0.643. The van der Waals surface area contributed by atoms with Crippen LogP contribution in [0.15, 0.2) is 17.2 Å². The molecule has 1 heterocycles. The minimum Gasteiger partial charge on any atom is -0.364 e. The monoisotopic (exact) mass is 328 g/mol. The van der Waals surface area contributed by atoms with E-state index in [2.05, 4.69) is 4.72 Å². The number of nitrogens with two attached hydrogens (primary N) is 2. The second-order valence-corrected chi connectivity index (χ2v) is 7.61. The number of rotatable bonds is 6. The van der Waals surface area contributed by atoms with Gasteiger partial charge in [-0.3, -0.25) is 4.79 Å². The lowest BCUT2D eigenvalue weighted by Gasteiger charge is -2.29. The number of aromatic nitrogens is 1. The molecule has 22 heavy (non-hydrogen) atoms. The highest BCUT2D eigenvalue weighted by molar-refractivity contribution is 7.89. The van der Waals surface area contributed by atoms with E-state index >= 15 is 0 Å². The van der Waals surface area contributed by atoms with Crippen LogP contribution in [0.4, 0.5) is 0 Å². The number of nitrogens with zero attached hydrogens (tertiary/aromatic N) is 1. The summed E-state index contributed by atoms with van der Waals surface area (Å²) >= 11 is 0. The number of hydrogen-bond acceptors (Lipinski definition) is 4. The Morgan fingerprint density at radius 2 is 2.05 bits per heavy atom. The lowest BCUT2D eigenvalue weighted by Crippen LogP contribution is -2.45. The topological polar surface area (TPSA) is 120 Å². The summed E-state index contributed by atoms with van der Waals surface area (Å²) in [7, 11) is -2.13. The van der Waals surface area contributed by atoms with Gasteiger partial charge in [0.05, 0.1) is 0 Å². The number of aryl methyl sites for hydroxylation is 1. The Bertz CT molecular complexity index is 633. The van der Waals surface area contributed by atoms with E-state index in [4.69, 9.17) is 11.5 Å². The van der Waals surface area contributed by atoms with Crippen LogP contribution < -0.4 is 16.2 Å². The fourth-order valence-electron chi connectivity index (χ4n) is 3.07. The molecule has 0 aliphatic heterocycles. The molecule has 0 spiro atoms. The van der Waals surface area contributed by atoms with Gasteiger partial charge >= 0.3 is 0 Å². The molecule has 1 aliphatic rings. The molecule has 8 heteroatoms. The van der Waals surface area contributed by atoms with Crippen LogP contribution in [0.3, 0.4) is 0 Å². The van der Waals surface area contributed by atoms with Crippen LogP contribution in [0.1, 0.15) is 42.6 Å². The molecule has 1 aliphatic carbocycles. The number of sulfonamides is 1. The number of carbonyl (C=O) groups is 1. The third kappa shape index (κ3) is 3.68. The Hall–Kier alpha value is -1.38. The summed E-state index contributed by atoms with van der Waals surface area (Å²) in [6.07, 6.45) is 6.79. The number of nitrogens with one attached hydrogen (secondary N) is 1. The van der Waals surface area contributed by atoms with Crippen LogP contribution in [-0.2, 0) is 17.1 Å². The van der Waals surface area contributed by atoms with Crippen LogP contribution >= 0.6 is 0 Å². The average Bonchev–Trinajstić information content (AvgIpc) is 2.89. The van der Waals surface area contributed by atoms with Gasteiger partial charge in [0.15, 0.2) is 0 Å². The molecule has 1 fully saturated rings. The average molecular weight is 328 g/mol. The van der Waals surface area contributed by atoms with Crippen molar-refractivity contribution in [1.82, 2.24) is 9.29 Å². The van der Waals surface area contributed by atoms with Crippen molar-refractivity contribution < 1.29 is 13.2 Å². The normalized spacial score (nSPS) is 18.3. The zero-order valence-electron chi connectivity index (χ0n) is 12.8. The van der Waals surface area contributed by atoms with Gasteiger partial charge in [-0.1, -0.05) is 19.3 Å². The van der Waals surface area contributed by atoms with E-state index in [1.807, 2.05) is 0 Å². The van der Waals surface area contributed by atoms with Gasteiger partial charge in [-0.2, -0.15) is 0 Å². The van der Waals surface area contributed by atoms with Gasteiger partial charge in [-0.05, 0) is 24.8 Å². The Kier molecular flexibility index (Phi) is 5.25. The van der Waals surface area contributed by atoms with Crippen LogP contribution in [-0.4, -0.2) is 31.5 Å². The molecule has 0 aromatic carbocycles. The summed E-state index contributed by atoms with van der Waals surface area (Å²) in [5.74, 6) is -0.389. The van der Waals surface area contributed by atoms with Crippen molar-refractivity contribution in [2.75, 3.05) is 6.54 Å². The molecule has 0 radical (unpaired) electrons. The SMILES string of the molecule is Cn1cc(S(=O)(=O)NC(CN)C2CCCCC2)cc1C(N)=O. The highest BCUT2D eigenvalue weighted by Gasteiger charge is 2.28. The van der Waals surface area contributed by atoms with E-state index in [-0.39, 0.29) is 29.1 Å². The van der Waals surface area contributed by atoms with Crippen molar-refractivity contribution >= 4 is 15.9 Å². The van der Waals surface area contributed by atoms with Gasteiger partial charge in [-0.15, -0.1) is 0 Å². The maximum atomic E-state index is 12.5. The zero-order valence-corrected chi connectivity index (χ0v) is 13.6. The first-order valence-corrected chi connectivity index (χ1v) is 9.02. The summed E-state index contributed by atoms with van der Waals surface area (Å²) < 4.78 is 29.1. The molecule has 1 unspecified atom stereocenters. The second kappa shape index (κ2) is 6.80. The van der Waals surface area contributed by atoms with Gasteiger partial charge in [0.2, 0.25) is 10.0 Å². The van der Waals surface area contributed by atoms with Crippen molar-refractivity contribution in [1.29, 1.82) is 0 Å². The maximum Gasteiger partial charge on any atom is 0.265 e. The molecule has 1 amide bonds. The largest absolute Gasteiger partial charge is 0.364 e. The summed E-state index contributed by atoms with van der Waals surface area (Å²) in [5.41, 5.74) is 11.1. The fourth-order valence-corrected chi connectivity index (χ4v) is 4.45. The molecule has 1 atom stereocenters. The third-order valence-electron chi connectivity index (χ3n) is 4.32. The van der Waals surface area contributed by atoms with Crippen molar-refractivity contribution in [2.24, 2.45) is 24.4 Å². The van der Waals surface area contributed by atoms with Crippen molar-refractivity contribution in [2.45, 2.75) is 43.0 Å². The van der Waals surface area contributed by atoms with Crippen LogP contribution in [0.5, 0.6) is 0 Å². The van der Waals surface area contributed by atoms with E-state index in [1.54, 1.807) is 7.05 Å². The summed E-state index contributed by atoms with van der Waals surface area (Å²) in [4.78, 5) is 11.3. The predicted molar refractivity (Wildman–Crippen MR) is 83.7 cm³/mol. The molecule has 124 valence electrons. The van der Waals surface area contributed by atoms with Crippen molar-refractivity contribution in [3.63, 3.8) is 0 Å².